The van der Waals surface area contributed by atoms with Gasteiger partial charge in [0.2, 0.25) is 5.95 Å². The number of carbonyl (C=O) groups is 1. The first-order chi connectivity index (χ1) is 14.5. The van der Waals surface area contributed by atoms with E-state index < -0.39 is 6.04 Å². The molecule has 1 aliphatic heterocycles. The fourth-order valence-corrected chi connectivity index (χ4v) is 3.51. The molecule has 1 unspecified atom stereocenters. The lowest BCUT2D eigenvalue weighted by Crippen LogP contribution is -2.45. The molecule has 0 spiro atoms. The largest absolute Gasteiger partial charge is 0.468 e. The molecule has 0 amide bonds. The molecule has 0 bridgehead atoms. The predicted molar refractivity (Wildman–Crippen MR) is 110 cm³/mol. The summed E-state index contributed by atoms with van der Waals surface area (Å²) < 4.78 is 20.2. The van der Waals surface area contributed by atoms with Crippen LogP contribution < -0.4 is 10.6 Å². The average molecular weight is 410 g/mol. The van der Waals surface area contributed by atoms with Crippen LogP contribution in [-0.4, -0.2) is 44.9 Å². The molecule has 8 nitrogen and oxygen atoms in total. The average Bonchev–Trinajstić information content (AvgIpc) is 3.12. The Kier molecular flexibility index (Phi) is 5.45. The van der Waals surface area contributed by atoms with Crippen molar-refractivity contribution in [3.05, 3.63) is 48.0 Å². The molecule has 9 heteroatoms. The Morgan fingerprint density at radius 3 is 2.77 bits per heavy atom. The van der Waals surface area contributed by atoms with Crippen LogP contribution in [0.15, 0.2) is 36.5 Å². The van der Waals surface area contributed by atoms with Crippen molar-refractivity contribution in [2.45, 2.75) is 39.0 Å². The lowest BCUT2D eigenvalue weighted by atomic mass is 9.98. The second-order valence-electron chi connectivity index (χ2n) is 7.38. The summed E-state index contributed by atoms with van der Waals surface area (Å²) in [6.07, 6.45) is 2.08. The van der Waals surface area contributed by atoms with Gasteiger partial charge in [0.05, 0.1) is 25.2 Å². The molecule has 3 heterocycles. The van der Waals surface area contributed by atoms with Gasteiger partial charge >= 0.3 is 5.97 Å². The third kappa shape index (κ3) is 3.88. The number of halogens is 1. The molecule has 0 saturated heterocycles. The zero-order chi connectivity index (χ0) is 21.3. The van der Waals surface area contributed by atoms with E-state index in [0.717, 1.165) is 16.8 Å². The van der Waals surface area contributed by atoms with E-state index in [2.05, 4.69) is 20.6 Å². The minimum Gasteiger partial charge on any atom is -0.468 e. The highest BCUT2D eigenvalue weighted by molar-refractivity contribution is 5.83. The van der Waals surface area contributed by atoms with Gasteiger partial charge in [-0.3, -0.25) is 14.8 Å². The van der Waals surface area contributed by atoms with Gasteiger partial charge < -0.3 is 10.1 Å². The number of anilines is 1. The standard InChI is InChI=1S/C21H23FN6O2/c1-12(2)25-21-23-9-8-15(26-21)18-17-10-16(20(29)30-3)24-11-28(17)27-19(18)13-4-6-14(22)7-5-13/h4-9,12,16,24H,10-11H2,1-3H3,(H,23,25,26). The second-order valence-corrected chi connectivity index (χ2v) is 7.38. The van der Waals surface area contributed by atoms with Crippen molar-refractivity contribution >= 4 is 11.9 Å². The first-order valence-electron chi connectivity index (χ1n) is 9.73. The van der Waals surface area contributed by atoms with Gasteiger partial charge in [-0.2, -0.15) is 5.10 Å². The van der Waals surface area contributed by atoms with Crippen LogP contribution in [0.25, 0.3) is 22.5 Å². The lowest BCUT2D eigenvalue weighted by Gasteiger charge is -2.23. The van der Waals surface area contributed by atoms with Crippen LogP contribution in [0, 0.1) is 5.82 Å². The van der Waals surface area contributed by atoms with Crippen LogP contribution in [0.4, 0.5) is 10.3 Å². The van der Waals surface area contributed by atoms with E-state index in [1.165, 1.54) is 19.2 Å². The molecule has 3 aromatic rings. The molecule has 0 aliphatic carbocycles. The van der Waals surface area contributed by atoms with Gasteiger partial charge in [-0.05, 0) is 44.2 Å². The molecule has 1 atom stereocenters. The summed E-state index contributed by atoms with van der Waals surface area (Å²) in [6, 6.07) is 7.68. The smallest absolute Gasteiger partial charge is 0.323 e. The van der Waals surface area contributed by atoms with Gasteiger partial charge in [0, 0.05) is 29.8 Å². The van der Waals surface area contributed by atoms with Gasteiger partial charge in [0.15, 0.2) is 0 Å². The van der Waals surface area contributed by atoms with Crippen molar-refractivity contribution in [2.75, 3.05) is 12.4 Å². The Morgan fingerprint density at radius 1 is 1.30 bits per heavy atom. The summed E-state index contributed by atoms with van der Waals surface area (Å²) in [5.74, 6) is -0.144. The van der Waals surface area contributed by atoms with E-state index in [4.69, 9.17) is 9.84 Å². The molecule has 0 fully saturated rings. The number of benzene rings is 1. The summed E-state index contributed by atoms with van der Waals surface area (Å²) >= 11 is 0. The van der Waals surface area contributed by atoms with Gasteiger partial charge in [0.25, 0.3) is 0 Å². The van der Waals surface area contributed by atoms with Gasteiger partial charge in [-0.1, -0.05) is 0 Å². The van der Waals surface area contributed by atoms with Crippen molar-refractivity contribution in [2.24, 2.45) is 0 Å². The van der Waals surface area contributed by atoms with E-state index in [9.17, 15) is 9.18 Å². The molecular formula is C21H23FN6O2. The molecule has 4 rings (SSSR count). The van der Waals surface area contributed by atoms with Crippen LogP contribution >= 0.6 is 0 Å². The van der Waals surface area contributed by atoms with Crippen LogP contribution in [-0.2, 0) is 22.6 Å². The molecule has 2 N–H and O–H groups in total. The number of rotatable bonds is 5. The Labute approximate surface area is 173 Å². The number of nitrogens with zero attached hydrogens (tertiary/aromatic N) is 4. The lowest BCUT2D eigenvalue weighted by molar-refractivity contribution is -0.143. The Hall–Kier alpha value is -3.33. The highest BCUT2D eigenvalue weighted by atomic mass is 19.1. The number of methoxy groups -OCH3 is 1. The van der Waals surface area contributed by atoms with E-state index in [1.807, 2.05) is 24.6 Å². The first kappa shape index (κ1) is 20.0. The topological polar surface area (TPSA) is 94.0 Å². The minimum atomic E-state index is -0.478. The molecular weight excluding hydrogens is 387 g/mol. The highest BCUT2D eigenvalue weighted by Gasteiger charge is 2.31. The van der Waals surface area contributed by atoms with E-state index in [-0.39, 0.29) is 17.8 Å². The first-order valence-corrected chi connectivity index (χ1v) is 9.73. The van der Waals surface area contributed by atoms with Crippen LogP contribution in [0.5, 0.6) is 0 Å². The minimum absolute atomic E-state index is 0.172. The molecule has 156 valence electrons. The third-order valence-corrected chi connectivity index (χ3v) is 4.88. The second kappa shape index (κ2) is 8.19. The summed E-state index contributed by atoms with van der Waals surface area (Å²) in [5.41, 5.74) is 3.77. The van der Waals surface area contributed by atoms with Crippen molar-refractivity contribution in [3.8, 4) is 22.5 Å². The van der Waals surface area contributed by atoms with Crippen LogP contribution in [0.3, 0.4) is 0 Å². The number of fused-ring (bicyclic) bond motifs is 1. The van der Waals surface area contributed by atoms with E-state index >= 15 is 0 Å². The van der Waals surface area contributed by atoms with Gasteiger partial charge in [0.1, 0.15) is 17.6 Å². The summed E-state index contributed by atoms with van der Waals surface area (Å²) in [4.78, 5) is 21.1. The number of nitrogens with one attached hydrogen (secondary N) is 2. The molecule has 1 aromatic carbocycles. The molecule has 0 radical (unpaired) electrons. The number of aromatic nitrogens is 4. The Bertz CT molecular complexity index is 1060. The van der Waals surface area contributed by atoms with Gasteiger partial charge in [-0.15, -0.1) is 0 Å². The third-order valence-electron chi connectivity index (χ3n) is 4.88. The maximum Gasteiger partial charge on any atom is 0.323 e. The maximum absolute atomic E-state index is 13.5. The maximum atomic E-state index is 13.5. The monoisotopic (exact) mass is 410 g/mol. The van der Waals surface area contributed by atoms with Crippen molar-refractivity contribution in [1.82, 2.24) is 25.1 Å². The molecule has 30 heavy (non-hydrogen) atoms. The molecule has 1 aliphatic rings. The van der Waals surface area contributed by atoms with E-state index in [1.54, 1.807) is 18.3 Å². The van der Waals surface area contributed by atoms with E-state index in [0.29, 0.717) is 30.4 Å². The van der Waals surface area contributed by atoms with Crippen molar-refractivity contribution in [1.29, 1.82) is 0 Å². The van der Waals surface area contributed by atoms with Crippen molar-refractivity contribution in [3.63, 3.8) is 0 Å². The summed E-state index contributed by atoms with van der Waals surface area (Å²) in [7, 11) is 1.37. The molecule has 0 saturated carbocycles. The number of hydrogen-bond donors (Lipinski definition) is 2. The number of esters is 1. The molecule has 2 aromatic heterocycles. The SMILES string of the molecule is COC(=O)C1Cc2c(-c3ccnc(NC(C)C)n3)c(-c3ccc(F)cc3)nn2CN1. The summed E-state index contributed by atoms with van der Waals surface area (Å²) in [5, 5.41) is 11.1. The fourth-order valence-electron chi connectivity index (χ4n) is 3.51. The number of hydrogen-bond acceptors (Lipinski definition) is 7. The summed E-state index contributed by atoms with van der Waals surface area (Å²) in [6.45, 7) is 4.37. The Morgan fingerprint density at radius 2 is 2.07 bits per heavy atom. The highest BCUT2D eigenvalue weighted by Crippen LogP contribution is 2.35. The quantitative estimate of drug-likeness (QED) is 0.625. The van der Waals surface area contributed by atoms with Crippen molar-refractivity contribution < 1.29 is 13.9 Å². The number of carbonyl (C=O) groups excluding carboxylic acids is 1. The zero-order valence-corrected chi connectivity index (χ0v) is 17.0. The fraction of sp³-hybridized carbons (Fsp3) is 0.333. The van der Waals surface area contributed by atoms with Crippen LogP contribution in [0.1, 0.15) is 19.5 Å². The zero-order valence-electron chi connectivity index (χ0n) is 17.0. The normalized spacial score (nSPS) is 15.7. The number of ether oxygens (including phenoxy) is 1. The Balaban J connectivity index is 1.85. The predicted octanol–water partition coefficient (Wildman–Crippen LogP) is 2.61. The van der Waals surface area contributed by atoms with Crippen LogP contribution in [0.2, 0.25) is 0 Å². The van der Waals surface area contributed by atoms with Gasteiger partial charge in [-0.25, -0.2) is 14.4 Å².